The Morgan fingerprint density at radius 1 is 1.14 bits per heavy atom. The Kier molecular flexibility index (Phi) is 5.64. The SMILES string of the molecule is Cc1ccc(C(=O)Nc2nnc(SCC(=O)N3CCc4ccccc43)s2)cc1C. The lowest BCUT2D eigenvalue weighted by molar-refractivity contribution is -0.116. The van der Waals surface area contributed by atoms with Crippen LogP contribution in [-0.2, 0) is 11.2 Å². The zero-order valence-electron chi connectivity index (χ0n) is 16.1. The Bertz CT molecular complexity index is 1080. The zero-order chi connectivity index (χ0) is 20.4. The second-order valence-corrected chi connectivity index (χ2v) is 9.04. The first kappa shape index (κ1) is 19.6. The molecule has 0 radical (unpaired) electrons. The minimum absolute atomic E-state index is 0.0517. The predicted molar refractivity (Wildman–Crippen MR) is 117 cm³/mol. The molecule has 6 nitrogen and oxygen atoms in total. The third-order valence-electron chi connectivity index (χ3n) is 4.90. The van der Waals surface area contributed by atoms with Gasteiger partial charge in [-0.15, -0.1) is 10.2 Å². The number of fused-ring (bicyclic) bond motifs is 1. The second kappa shape index (κ2) is 8.34. The highest BCUT2D eigenvalue weighted by molar-refractivity contribution is 8.01. The van der Waals surface area contributed by atoms with Gasteiger partial charge in [-0.3, -0.25) is 14.9 Å². The number of nitrogens with zero attached hydrogens (tertiary/aromatic N) is 3. The largest absolute Gasteiger partial charge is 0.311 e. The van der Waals surface area contributed by atoms with Gasteiger partial charge in [0.1, 0.15) is 0 Å². The Morgan fingerprint density at radius 3 is 2.79 bits per heavy atom. The molecule has 3 aromatic rings. The molecule has 148 valence electrons. The van der Waals surface area contributed by atoms with Crippen molar-refractivity contribution in [3.8, 4) is 0 Å². The number of thioether (sulfide) groups is 1. The second-order valence-electron chi connectivity index (χ2n) is 6.84. The standard InChI is InChI=1S/C21H20N4O2S2/c1-13-7-8-16(11-14(13)2)19(27)22-20-23-24-21(29-20)28-12-18(26)25-10-9-15-5-3-4-6-17(15)25/h3-8,11H,9-10,12H2,1-2H3,(H,22,23,27). The maximum absolute atomic E-state index is 12.6. The van der Waals surface area contributed by atoms with E-state index in [0.717, 1.165) is 23.2 Å². The summed E-state index contributed by atoms with van der Waals surface area (Å²) in [6.07, 6.45) is 0.889. The first-order chi connectivity index (χ1) is 14.0. The Labute approximate surface area is 177 Å². The fourth-order valence-electron chi connectivity index (χ4n) is 3.17. The number of carbonyl (C=O) groups is 2. The molecule has 0 unspecified atom stereocenters. The third-order valence-corrected chi connectivity index (χ3v) is 6.86. The van der Waals surface area contributed by atoms with E-state index < -0.39 is 0 Å². The fraction of sp³-hybridized carbons (Fsp3) is 0.238. The van der Waals surface area contributed by atoms with Crippen molar-refractivity contribution < 1.29 is 9.59 Å². The van der Waals surface area contributed by atoms with Crippen LogP contribution in [0.25, 0.3) is 0 Å². The maximum Gasteiger partial charge on any atom is 0.257 e. The van der Waals surface area contributed by atoms with Crippen molar-refractivity contribution in [2.75, 3.05) is 22.5 Å². The molecule has 1 aromatic heterocycles. The van der Waals surface area contributed by atoms with Crippen LogP contribution in [0.3, 0.4) is 0 Å². The number of aryl methyl sites for hydroxylation is 2. The van der Waals surface area contributed by atoms with E-state index in [0.29, 0.717) is 21.6 Å². The smallest absolute Gasteiger partial charge is 0.257 e. The highest BCUT2D eigenvalue weighted by Crippen LogP contribution is 2.30. The van der Waals surface area contributed by atoms with E-state index in [1.54, 1.807) is 6.07 Å². The number of aromatic nitrogens is 2. The Hall–Kier alpha value is -2.71. The van der Waals surface area contributed by atoms with Crippen molar-refractivity contribution in [3.63, 3.8) is 0 Å². The number of rotatable bonds is 5. The molecule has 2 aromatic carbocycles. The summed E-state index contributed by atoms with van der Waals surface area (Å²) in [5.41, 5.74) is 4.99. The van der Waals surface area contributed by atoms with Gasteiger partial charge in [-0.25, -0.2) is 0 Å². The van der Waals surface area contributed by atoms with Crippen LogP contribution >= 0.6 is 23.1 Å². The van der Waals surface area contributed by atoms with Gasteiger partial charge >= 0.3 is 0 Å². The summed E-state index contributed by atoms with van der Waals surface area (Å²) in [6, 6.07) is 13.6. The Balaban J connectivity index is 1.34. The molecule has 0 fully saturated rings. The van der Waals surface area contributed by atoms with Gasteiger partial charge in [0.25, 0.3) is 5.91 Å². The molecular weight excluding hydrogens is 404 g/mol. The normalized spacial score (nSPS) is 12.7. The van der Waals surface area contributed by atoms with E-state index in [-0.39, 0.29) is 17.6 Å². The van der Waals surface area contributed by atoms with Gasteiger partial charge in [-0.05, 0) is 55.2 Å². The first-order valence-corrected chi connectivity index (χ1v) is 11.0. The van der Waals surface area contributed by atoms with Crippen molar-refractivity contribution in [2.24, 2.45) is 0 Å². The quantitative estimate of drug-likeness (QED) is 0.493. The van der Waals surface area contributed by atoms with Gasteiger partial charge < -0.3 is 4.90 Å². The molecule has 4 rings (SSSR count). The summed E-state index contributed by atoms with van der Waals surface area (Å²) in [7, 11) is 0. The monoisotopic (exact) mass is 424 g/mol. The van der Waals surface area contributed by atoms with Crippen LogP contribution in [0.4, 0.5) is 10.8 Å². The number of hydrogen-bond acceptors (Lipinski definition) is 6. The highest BCUT2D eigenvalue weighted by Gasteiger charge is 2.24. The van der Waals surface area contributed by atoms with E-state index >= 15 is 0 Å². The molecule has 0 spiro atoms. The van der Waals surface area contributed by atoms with Crippen LogP contribution in [0.2, 0.25) is 0 Å². The van der Waals surface area contributed by atoms with Gasteiger partial charge in [0.05, 0.1) is 5.75 Å². The number of amides is 2. The summed E-state index contributed by atoms with van der Waals surface area (Å²) in [4.78, 5) is 26.8. The van der Waals surface area contributed by atoms with Gasteiger partial charge in [-0.1, -0.05) is 47.4 Å². The van der Waals surface area contributed by atoms with Crippen LogP contribution in [0.1, 0.15) is 27.0 Å². The third kappa shape index (κ3) is 4.33. The number of anilines is 2. The average molecular weight is 425 g/mol. The molecule has 0 saturated carbocycles. The van der Waals surface area contributed by atoms with Gasteiger partial charge in [0, 0.05) is 17.8 Å². The van der Waals surface area contributed by atoms with Crippen molar-refractivity contribution in [3.05, 3.63) is 64.7 Å². The summed E-state index contributed by atoms with van der Waals surface area (Å²) in [5, 5.41) is 11.3. The highest BCUT2D eigenvalue weighted by atomic mass is 32.2. The molecule has 1 N–H and O–H groups in total. The van der Waals surface area contributed by atoms with Crippen LogP contribution < -0.4 is 10.2 Å². The summed E-state index contributed by atoms with van der Waals surface area (Å²) in [5.74, 6) is 0.120. The molecule has 0 bridgehead atoms. The molecule has 1 aliphatic rings. The lowest BCUT2D eigenvalue weighted by Crippen LogP contribution is -2.30. The summed E-state index contributed by atoms with van der Waals surface area (Å²) in [6.45, 7) is 4.70. The van der Waals surface area contributed by atoms with E-state index in [1.807, 2.05) is 49.1 Å². The molecule has 0 aliphatic carbocycles. The zero-order valence-corrected chi connectivity index (χ0v) is 17.8. The predicted octanol–water partition coefficient (Wildman–Crippen LogP) is 4.09. The number of hydrogen-bond donors (Lipinski definition) is 1. The van der Waals surface area contributed by atoms with E-state index in [2.05, 4.69) is 21.6 Å². The van der Waals surface area contributed by atoms with Crippen molar-refractivity contribution >= 4 is 45.7 Å². The topological polar surface area (TPSA) is 75.2 Å². The number of benzene rings is 2. The van der Waals surface area contributed by atoms with Crippen molar-refractivity contribution in [1.82, 2.24) is 10.2 Å². The average Bonchev–Trinajstić information content (AvgIpc) is 3.35. The number of carbonyl (C=O) groups excluding carboxylic acids is 2. The maximum atomic E-state index is 12.6. The van der Waals surface area contributed by atoms with E-state index in [4.69, 9.17) is 0 Å². The van der Waals surface area contributed by atoms with Gasteiger partial charge in [-0.2, -0.15) is 0 Å². The van der Waals surface area contributed by atoms with Crippen LogP contribution in [0.5, 0.6) is 0 Å². The summed E-state index contributed by atoms with van der Waals surface area (Å²) >= 11 is 2.61. The van der Waals surface area contributed by atoms with Crippen molar-refractivity contribution in [1.29, 1.82) is 0 Å². The lowest BCUT2D eigenvalue weighted by atomic mass is 10.1. The molecule has 0 atom stereocenters. The number of para-hydroxylation sites is 1. The molecular formula is C21H20N4O2S2. The fourth-order valence-corrected chi connectivity index (χ4v) is 4.79. The number of nitrogens with one attached hydrogen (secondary N) is 1. The molecule has 0 saturated heterocycles. The van der Waals surface area contributed by atoms with Gasteiger partial charge in [0.15, 0.2) is 4.34 Å². The molecule has 2 heterocycles. The minimum atomic E-state index is -0.217. The van der Waals surface area contributed by atoms with Crippen LogP contribution in [0.15, 0.2) is 46.8 Å². The molecule has 1 aliphatic heterocycles. The minimum Gasteiger partial charge on any atom is -0.311 e. The molecule has 29 heavy (non-hydrogen) atoms. The van der Waals surface area contributed by atoms with Crippen LogP contribution in [-0.4, -0.2) is 34.3 Å². The van der Waals surface area contributed by atoms with Crippen molar-refractivity contribution in [2.45, 2.75) is 24.6 Å². The summed E-state index contributed by atoms with van der Waals surface area (Å²) < 4.78 is 0.654. The van der Waals surface area contributed by atoms with Crippen LogP contribution in [0, 0.1) is 13.8 Å². The first-order valence-electron chi connectivity index (χ1n) is 9.24. The van der Waals surface area contributed by atoms with E-state index in [1.165, 1.54) is 28.7 Å². The Morgan fingerprint density at radius 2 is 1.97 bits per heavy atom. The van der Waals surface area contributed by atoms with E-state index in [9.17, 15) is 9.59 Å². The molecule has 2 amide bonds. The lowest BCUT2D eigenvalue weighted by Gasteiger charge is -2.16. The molecule has 8 heteroatoms. The van der Waals surface area contributed by atoms with Gasteiger partial charge in [0.2, 0.25) is 11.0 Å².